The molecule has 166 valence electrons. The van der Waals surface area contributed by atoms with Crippen molar-refractivity contribution in [2.45, 2.75) is 13.5 Å². The van der Waals surface area contributed by atoms with Crippen molar-refractivity contribution in [2.75, 3.05) is 11.9 Å². The van der Waals surface area contributed by atoms with Crippen LogP contribution in [-0.2, 0) is 16.1 Å². The van der Waals surface area contributed by atoms with Gasteiger partial charge in [-0.3, -0.25) is 10.1 Å². The Bertz CT molecular complexity index is 1280. The number of carbonyl (C=O) groups excluding carboxylic acids is 2. The molecule has 1 N–H and O–H groups in total. The van der Waals surface area contributed by atoms with Crippen LogP contribution in [0.3, 0.4) is 0 Å². The fourth-order valence-electron chi connectivity index (χ4n) is 3.05. The zero-order valence-corrected chi connectivity index (χ0v) is 18.8. The van der Waals surface area contributed by atoms with Gasteiger partial charge in [0.15, 0.2) is 5.13 Å². The largest absolute Gasteiger partial charge is 0.489 e. The Morgan fingerprint density at radius 3 is 2.58 bits per heavy atom. The number of thiazole rings is 1. The second kappa shape index (κ2) is 10.6. The number of nitrogens with one attached hydrogen (secondary N) is 1. The molecule has 1 amide bonds. The van der Waals surface area contributed by atoms with E-state index in [-0.39, 0.29) is 11.9 Å². The number of aromatic nitrogens is 1. The topological polar surface area (TPSA) is 77.5 Å². The Morgan fingerprint density at radius 2 is 1.82 bits per heavy atom. The van der Waals surface area contributed by atoms with Gasteiger partial charge in [0, 0.05) is 6.08 Å². The van der Waals surface area contributed by atoms with E-state index in [4.69, 9.17) is 9.47 Å². The summed E-state index contributed by atoms with van der Waals surface area (Å²) >= 11 is 1.30. The van der Waals surface area contributed by atoms with E-state index >= 15 is 0 Å². The van der Waals surface area contributed by atoms with E-state index in [1.54, 1.807) is 31.2 Å². The van der Waals surface area contributed by atoms with Gasteiger partial charge in [0.2, 0.25) is 5.91 Å². The Hall–Kier alpha value is -3.97. The standard InChI is InChI=1S/C26H22N2O4S/c1-2-31-25(30)20-11-14-22-23(16-20)33-26(27-22)28-24(29)15-10-18-8-12-21(13-9-18)32-17-19-6-4-3-5-7-19/h3-16H,2,17H2,1H3,(H,27,28,29)/b15-10+. The number of anilines is 1. The Morgan fingerprint density at radius 1 is 1.03 bits per heavy atom. The Kier molecular flexibility index (Phi) is 7.12. The van der Waals surface area contributed by atoms with E-state index in [9.17, 15) is 9.59 Å². The molecule has 0 saturated heterocycles. The molecule has 0 bridgehead atoms. The number of rotatable bonds is 8. The highest BCUT2D eigenvalue weighted by Gasteiger charge is 2.11. The third-order valence-electron chi connectivity index (χ3n) is 4.69. The lowest BCUT2D eigenvalue weighted by Gasteiger charge is -2.06. The van der Waals surface area contributed by atoms with E-state index in [0.29, 0.717) is 29.4 Å². The number of hydrogen-bond acceptors (Lipinski definition) is 6. The fourth-order valence-corrected chi connectivity index (χ4v) is 3.96. The molecule has 4 rings (SSSR count). The molecular formula is C26H22N2O4S. The van der Waals surface area contributed by atoms with Gasteiger partial charge in [-0.1, -0.05) is 53.8 Å². The van der Waals surface area contributed by atoms with Gasteiger partial charge in [0.1, 0.15) is 12.4 Å². The Labute approximate surface area is 195 Å². The number of hydrogen-bond donors (Lipinski definition) is 1. The molecule has 3 aromatic carbocycles. The van der Waals surface area contributed by atoms with Crippen LogP contribution < -0.4 is 10.1 Å². The monoisotopic (exact) mass is 458 g/mol. The predicted octanol–water partition coefficient (Wildman–Crippen LogP) is 5.70. The van der Waals surface area contributed by atoms with Crippen molar-refractivity contribution in [1.82, 2.24) is 4.98 Å². The van der Waals surface area contributed by atoms with E-state index in [2.05, 4.69) is 10.3 Å². The van der Waals surface area contributed by atoms with Crippen LogP contribution in [-0.4, -0.2) is 23.5 Å². The van der Waals surface area contributed by atoms with Crippen LogP contribution in [0.25, 0.3) is 16.3 Å². The first-order valence-electron chi connectivity index (χ1n) is 10.4. The molecule has 0 fully saturated rings. The van der Waals surface area contributed by atoms with Crippen molar-refractivity contribution in [3.63, 3.8) is 0 Å². The van der Waals surface area contributed by atoms with Crippen LogP contribution in [0.2, 0.25) is 0 Å². The SMILES string of the molecule is CCOC(=O)c1ccc2nc(NC(=O)/C=C/c3ccc(OCc4ccccc4)cc3)sc2c1. The average Bonchev–Trinajstić information content (AvgIpc) is 3.24. The average molecular weight is 459 g/mol. The minimum absolute atomic E-state index is 0.288. The predicted molar refractivity (Wildman–Crippen MR) is 130 cm³/mol. The van der Waals surface area contributed by atoms with Gasteiger partial charge >= 0.3 is 5.97 Å². The second-order valence-corrected chi connectivity index (χ2v) is 8.12. The van der Waals surface area contributed by atoms with Gasteiger partial charge in [-0.15, -0.1) is 0 Å². The summed E-state index contributed by atoms with van der Waals surface area (Å²) in [7, 11) is 0. The van der Waals surface area contributed by atoms with Crippen molar-refractivity contribution >= 4 is 44.6 Å². The highest BCUT2D eigenvalue weighted by molar-refractivity contribution is 7.22. The molecule has 1 aromatic heterocycles. The molecule has 0 spiro atoms. The normalized spacial score (nSPS) is 10.9. The molecular weight excluding hydrogens is 436 g/mol. The van der Waals surface area contributed by atoms with Gasteiger partial charge in [-0.2, -0.15) is 0 Å². The van der Waals surface area contributed by atoms with Crippen LogP contribution in [0, 0.1) is 0 Å². The number of amides is 1. The highest BCUT2D eigenvalue weighted by atomic mass is 32.1. The summed E-state index contributed by atoms with van der Waals surface area (Å²) in [5, 5.41) is 3.23. The van der Waals surface area contributed by atoms with E-state index < -0.39 is 0 Å². The summed E-state index contributed by atoms with van der Waals surface area (Å²) in [5.41, 5.74) is 3.14. The summed E-state index contributed by atoms with van der Waals surface area (Å²) < 4.78 is 11.6. The maximum atomic E-state index is 12.3. The molecule has 33 heavy (non-hydrogen) atoms. The minimum Gasteiger partial charge on any atom is -0.489 e. The molecule has 0 unspecified atom stereocenters. The van der Waals surface area contributed by atoms with Crippen LogP contribution in [0.5, 0.6) is 5.75 Å². The molecule has 4 aromatic rings. The first kappa shape index (κ1) is 22.2. The van der Waals surface area contributed by atoms with Gasteiger partial charge in [-0.05, 0) is 54.5 Å². The van der Waals surface area contributed by atoms with Crippen LogP contribution in [0.15, 0.2) is 78.9 Å². The maximum Gasteiger partial charge on any atom is 0.338 e. The first-order valence-corrected chi connectivity index (χ1v) is 11.3. The lowest BCUT2D eigenvalue weighted by Crippen LogP contribution is -2.07. The molecule has 0 aliphatic carbocycles. The summed E-state index contributed by atoms with van der Waals surface area (Å²) in [6.07, 6.45) is 3.18. The molecule has 7 heteroatoms. The fraction of sp³-hybridized carbons (Fsp3) is 0.115. The smallest absolute Gasteiger partial charge is 0.338 e. The minimum atomic E-state index is -0.377. The quantitative estimate of drug-likeness (QED) is 0.271. The zero-order valence-electron chi connectivity index (χ0n) is 18.0. The molecule has 6 nitrogen and oxygen atoms in total. The molecule has 0 saturated carbocycles. The van der Waals surface area contributed by atoms with E-state index in [1.807, 2.05) is 54.6 Å². The summed E-state index contributed by atoms with van der Waals surface area (Å²) in [5.74, 6) is 0.0963. The third-order valence-corrected chi connectivity index (χ3v) is 5.62. The molecule has 0 aliphatic heterocycles. The van der Waals surface area contributed by atoms with Crippen molar-refractivity contribution < 1.29 is 19.1 Å². The number of nitrogens with zero attached hydrogens (tertiary/aromatic N) is 1. The lowest BCUT2D eigenvalue weighted by atomic mass is 10.2. The van der Waals surface area contributed by atoms with Crippen molar-refractivity contribution in [1.29, 1.82) is 0 Å². The highest BCUT2D eigenvalue weighted by Crippen LogP contribution is 2.27. The van der Waals surface area contributed by atoms with Gasteiger partial charge in [0.05, 0.1) is 22.4 Å². The number of ether oxygens (including phenoxy) is 2. The van der Waals surface area contributed by atoms with E-state index in [1.165, 1.54) is 17.4 Å². The van der Waals surface area contributed by atoms with Gasteiger partial charge < -0.3 is 9.47 Å². The molecule has 1 heterocycles. The maximum absolute atomic E-state index is 12.3. The molecule has 0 radical (unpaired) electrons. The summed E-state index contributed by atoms with van der Waals surface area (Å²) in [6.45, 7) is 2.58. The first-order chi connectivity index (χ1) is 16.1. The Balaban J connectivity index is 1.33. The van der Waals surface area contributed by atoms with Gasteiger partial charge in [0.25, 0.3) is 0 Å². The lowest BCUT2D eigenvalue weighted by molar-refractivity contribution is -0.111. The number of fused-ring (bicyclic) bond motifs is 1. The van der Waals surface area contributed by atoms with Crippen LogP contribution in [0.1, 0.15) is 28.4 Å². The second-order valence-electron chi connectivity index (χ2n) is 7.09. The van der Waals surface area contributed by atoms with E-state index in [0.717, 1.165) is 21.6 Å². The van der Waals surface area contributed by atoms with Crippen molar-refractivity contribution in [3.8, 4) is 5.75 Å². The van der Waals surface area contributed by atoms with Gasteiger partial charge in [-0.25, -0.2) is 9.78 Å². The molecule has 0 aliphatic rings. The van der Waals surface area contributed by atoms with Crippen LogP contribution in [0.4, 0.5) is 5.13 Å². The summed E-state index contributed by atoms with van der Waals surface area (Å²) in [6, 6.07) is 22.6. The summed E-state index contributed by atoms with van der Waals surface area (Å²) in [4.78, 5) is 28.6. The molecule has 0 atom stereocenters. The third kappa shape index (κ3) is 6.05. The zero-order chi connectivity index (χ0) is 23.0. The van der Waals surface area contributed by atoms with Crippen molar-refractivity contribution in [3.05, 3.63) is 95.6 Å². The van der Waals surface area contributed by atoms with Crippen molar-refractivity contribution in [2.24, 2.45) is 0 Å². The number of benzene rings is 3. The number of carbonyl (C=O) groups is 2. The van der Waals surface area contributed by atoms with Crippen LogP contribution >= 0.6 is 11.3 Å². The number of esters is 1.